The van der Waals surface area contributed by atoms with Crippen LogP contribution in [0.15, 0.2) is 47.1 Å². The van der Waals surface area contributed by atoms with Gasteiger partial charge < -0.3 is 0 Å². The van der Waals surface area contributed by atoms with Gasteiger partial charge in [0.25, 0.3) is 0 Å². The maximum atomic E-state index is 6.22. The summed E-state index contributed by atoms with van der Waals surface area (Å²) in [6, 6.07) is 11.6. The number of hydrogen-bond acceptors (Lipinski definition) is 4. The van der Waals surface area contributed by atoms with Crippen molar-refractivity contribution in [2.24, 2.45) is 0 Å². The number of aryl methyl sites for hydroxylation is 1. The fourth-order valence-electron chi connectivity index (χ4n) is 1.90. The van der Waals surface area contributed by atoms with Crippen LogP contribution in [0.2, 0.25) is 5.15 Å². The molecule has 0 atom stereocenters. The first-order valence-electron chi connectivity index (χ1n) is 6.23. The van der Waals surface area contributed by atoms with Crippen molar-refractivity contribution in [3.8, 4) is 22.8 Å². The van der Waals surface area contributed by atoms with Crippen molar-refractivity contribution in [2.45, 2.75) is 6.92 Å². The molecule has 0 radical (unpaired) electrons. The smallest absolute Gasteiger partial charge is 0.180 e. The zero-order valence-corrected chi connectivity index (χ0v) is 13.4. The zero-order chi connectivity index (χ0) is 14.8. The lowest BCUT2D eigenvalue weighted by Gasteiger charge is -2.08. The molecule has 104 valence electrons. The molecule has 0 saturated heterocycles. The molecule has 0 bridgehead atoms. The molecule has 0 fully saturated rings. The van der Waals surface area contributed by atoms with Crippen LogP contribution >= 0.6 is 27.5 Å². The van der Waals surface area contributed by atoms with Crippen LogP contribution in [0.5, 0.6) is 0 Å². The molecule has 0 saturated carbocycles. The van der Waals surface area contributed by atoms with Crippen LogP contribution in [0.3, 0.4) is 0 Å². The van der Waals surface area contributed by atoms with Crippen molar-refractivity contribution in [1.29, 1.82) is 0 Å². The highest BCUT2D eigenvalue weighted by Crippen LogP contribution is 2.32. The number of benzene rings is 1. The normalized spacial score (nSPS) is 10.6. The number of aromatic nitrogens is 4. The minimum atomic E-state index is 0.357. The van der Waals surface area contributed by atoms with E-state index in [1.54, 1.807) is 12.3 Å². The highest BCUT2D eigenvalue weighted by Gasteiger charge is 2.14. The summed E-state index contributed by atoms with van der Waals surface area (Å²) < 4.78 is 0.671. The lowest BCUT2D eigenvalue weighted by molar-refractivity contribution is 1.03. The SMILES string of the molecule is Cc1nccc(-c2nc(Cl)c(Br)c(-c3ccccc3)n2)n1. The molecule has 3 rings (SSSR count). The van der Waals surface area contributed by atoms with Crippen molar-refractivity contribution in [2.75, 3.05) is 0 Å². The van der Waals surface area contributed by atoms with Gasteiger partial charge in [-0.2, -0.15) is 0 Å². The van der Waals surface area contributed by atoms with E-state index in [1.165, 1.54) is 0 Å². The van der Waals surface area contributed by atoms with Crippen LogP contribution in [-0.2, 0) is 0 Å². The van der Waals surface area contributed by atoms with Gasteiger partial charge in [0, 0.05) is 11.8 Å². The summed E-state index contributed by atoms with van der Waals surface area (Å²) in [7, 11) is 0. The first-order valence-corrected chi connectivity index (χ1v) is 7.41. The summed E-state index contributed by atoms with van der Waals surface area (Å²) in [6.07, 6.45) is 1.68. The molecule has 1 aromatic carbocycles. The number of halogens is 2. The Morgan fingerprint density at radius 2 is 1.76 bits per heavy atom. The van der Waals surface area contributed by atoms with Gasteiger partial charge in [0.05, 0.1) is 10.2 Å². The summed E-state index contributed by atoms with van der Waals surface area (Å²) in [5.41, 5.74) is 2.34. The summed E-state index contributed by atoms with van der Waals surface area (Å²) >= 11 is 9.67. The molecule has 0 aliphatic rings. The van der Waals surface area contributed by atoms with E-state index in [0.717, 1.165) is 11.3 Å². The van der Waals surface area contributed by atoms with Gasteiger partial charge in [-0.25, -0.2) is 19.9 Å². The van der Waals surface area contributed by atoms with Gasteiger partial charge in [-0.1, -0.05) is 41.9 Å². The molecular weight excluding hydrogens is 352 g/mol. The van der Waals surface area contributed by atoms with Crippen LogP contribution in [0, 0.1) is 6.92 Å². The Bertz CT molecular complexity index is 793. The van der Waals surface area contributed by atoms with Crippen molar-refractivity contribution in [3.63, 3.8) is 0 Å². The number of hydrogen-bond donors (Lipinski definition) is 0. The maximum Gasteiger partial charge on any atom is 0.180 e. The van der Waals surface area contributed by atoms with E-state index in [0.29, 0.717) is 27.0 Å². The lowest BCUT2D eigenvalue weighted by atomic mass is 10.1. The Labute approximate surface area is 135 Å². The standard InChI is InChI=1S/C15H10BrClN4/c1-9-18-8-7-11(19-9)15-20-13(12(16)14(17)21-15)10-5-3-2-4-6-10/h2-8H,1H3. The summed E-state index contributed by atoms with van der Waals surface area (Å²) in [5, 5.41) is 0.357. The molecule has 0 spiro atoms. The lowest BCUT2D eigenvalue weighted by Crippen LogP contribution is -1.98. The van der Waals surface area contributed by atoms with Gasteiger partial charge in [-0.05, 0) is 28.9 Å². The van der Waals surface area contributed by atoms with E-state index in [2.05, 4.69) is 35.9 Å². The van der Waals surface area contributed by atoms with Gasteiger partial charge in [0.1, 0.15) is 16.7 Å². The topological polar surface area (TPSA) is 51.6 Å². The quantitative estimate of drug-likeness (QED) is 0.638. The number of rotatable bonds is 2. The summed E-state index contributed by atoms with van der Waals surface area (Å²) in [4.78, 5) is 17.3. The van der Waals surface area contributed by atoms with Gasteiger partial charge in [0.15, 0.2) is 5.82 Å². The van der Waals surface area contributed by atoms with E-state index in [-0.39, 0.29) is 0 Å². The largest absolute Gasteiger partial charge is 0.242 e. The zero-order valence-electron chi connectivity index (χ0n) is 11.1. The second-order valence-corrected chi connectivity index (χ2v) is 5.51. The molecule has 0 aliphatic carbocycles. The van der Waals surface area contributed by atoms with Crippen molar-refractivity contribution in [3.05, 3.63) is 58.0 Å². The van der Waals surface area contributed by atoms with E-state index in [1.807, 2.05) is 37.3 Å². The highest BCUT2D eigenvalue weighted by molar-refractivity contribution is 9.10. The third-order valence-corrected chi connectivity index (χ3v) is 4.12. The van der Waals surface area contributed by atoms with Crippen LogP contribution in [0.25, 0.3) is 22.8 Å². The van der Waals surface area contributed by atoms with E-state index in [4.69, 9.17) is 11.6 Å². The molecule has 2 aromatic heterocycles. The Kier molecular flexibility index (Phi) is 3.94. The van der Waals surface area contributed by atoms with Crippen LogP contribution in [-0.4, -0.2) is 19.9 Å². The second kappa shape index (κ2) is 5.87. The van der Waals surface area contributed by atoms with Gasteiger partial charge in [-0.15, -0.1) is 0 Å². The first-order chi connectivity index (χ1) is 10.1. The summed E-state index contributed by atoms with van der Waals surface area (Å²) in [6.45, 7) is 1.82. The minimum Gasteiger partial charge on any atom is -0.242 e. The molecule has 6 heteroatoms. The van der Waals surface area contributed by atoms with Crippen LogP contribution < -0.4 is 0 Å². The average Bonchev–Trinajstić information content (AvgIpc) is 2.51. The third kappa shape index (κ3) is 2.94. The molecule has 0 aliphatic heterocycles. The summed E-state index contributed by atoms with van der Waals surface area (Å²) in [5.74, 6) is 1.14. The third-order valence-electron chi connectivity index (χ3n) is 2.86. The van der Waals surface area contributed by atoms with Crippen LogP contribution in [0.1, 0.15) is 5.82 Å². The molecule has 0 amide bonds. The van der Waals surface area contributed by atoms with Gasteiger partial charge in [0.2, 0.25) is 0 Å². The fourth-order valence-corrected chi connectivity index (χ4v) is 2.48. The average molecular weight is 362 g/mol. The maximum absolute atomic E-state index is 6.22. The Morgan fingerprint density at radius 1 is 1.00 bits per heavy atom. The molecule has 0 N–H and O–H groups in total. The Morgan fingerprint density at radius 3 is 2.48 bits per heavy atom. The fraction of sp³-hybridized carbons (Fsp3) is 0.0667. The van der Waals surface area contributed by atoms with Crippen molar-refractivity contribution < 1.29 is 0 Å². The molecular formula is C15H10BrClN4. The highest BCUT2D eigenvalue weighted by atomic mass is 79.9. The molecule has 2 heterocycles. The van der Waals surface area contributed by atoms with E-state index in [9.17, 15) is 0 Å². The predicted molar refractivity (Wildman–Crippen MR) is 85.9 cm³/mol. The van der Waals surface area contributed by atoms with Gasteiger partial charge in [-0.3, -0.25) is 0 Å². The number of nitrogens with zero attached hydrogens (tertiary/aromatic N) is 4. The first kappa shape index (κ1) is 14.1. The monoisotopic (exact) mass is 360 g/mol. The van der Waals surface area contributed by atoms with E-state index < -0.39 is 0 Å². The van der Waals surface area contributed by atoms with Crippen molar-refractivity contribution in [1.82, 2.24) is 19.9 Å². The Balaban J connectivity index is 2.19. The van der Waals surface area contributed by atoms with Crippen LogP contribution in [0.4, 0.5) is 0 Å². The molecule has 3 aromatic rings. The molecule has 0 unspecified atom stereocenters. The predicted octanol–water partition coefficient (Wildman–Crippen LogP) is 4.32. The van der Waals surface area contributed by atoms with Gasteiger partial charge >= 0.3 is 0 Å². The van der Waals surface area contributed by atoms with E-state index >= 15 is 0 Å². The Hall–Kier alpha value is -1.85. The van der Waals surface area contributed by atoms with Crippen molar-refractivity contribution >= 4 is 27.5 Å². The minimum absolute atomic E-state index is 0.357. The second-order valence-electron chi connectivity index (χ2n) is 4.36. The molecule has 21 heavy (non-hydrogen) atoms. The molecule has 4 nitrogen and oxygen atoms in total.